The highest BCUT2D eigenvalue weighted by Crippen LogP contribution is 1.60. The fourth-order valence-corrected chi connectivity index (χ4v) is 0.236. The van der Waals surface area contributed by atoms with Crippen LogP contribution in [0.15, 0.2) is 0 Å². The van der Waals surface area contributed by atoms with Gasteiger partial charge in [-0.05, 0) is 0 Å². The quantitative estimate of drug-likeness (QED) is 0.265. The number of rotatable bonds is 3. The first-order chi connectivity index (χ1) is 4.31. The number of hydrogen-bond acceptors (Lipinski definition) is 5. The number of amides is 1. The molecule has 0 saturated heterocycles. The second kappa shape index (κ2) is 5.29. The van der Waals surface area contributed by atoms with E-state index >= 15 is 0 Å². The fraction of sp³-hybridized carbons (Fsp3) is 0.667. The van der Waals surface area contributed by atoms with Crippen LogP contribution in [0.4, 0.5) is 4.79 Å². The van der Waals surface area contributed by atoms with Crippen molar-refractivity contribution in [1.29, 1.82) is 0 Å². The van der Waals surface area contributed by atoms with Gasteiger partial charge < -0.3 is 10.6 Å². The lowest BCUT2D eigenvalue weighted by Gasteiger charge is -2.01. The number of carbonyl (C=O) groups is 1. The van der Waals surface area contributed by atoms with Crippen LogP contribution in [0.3, 0.4) is 0 Å². The third-order valence-corrected chi connectivity index (χ3v) is 0.567. The van der Waals surface area contributed by atoms with E-state index in [1.54, 1.807) is 0 Å². The monoisotopic (exact) mass is 134 g/mol. The van der Waals surface area contributed by atoms with Gasteiger partial charge in [0, 0.05) is 13.1 Å². The molecule has 0 aliphatic heterocycles. The fourth-order valence-electron chi connectivity index (χ4n) is 0.236. The Bertz CT molecular complexity index is 85.9. The predicted octanol–water partition coefficient (Wildman–Crippen LogP) is -1.95. The first-order valence-corrected chi connectivity index (χ1v) is 2.41. The van der Waals surface area contributed by atoms with Crippen molar-refractivity contribution in [2.24, 2.45) is 11.6 Å². The molecular weight excluding hydrogens is 124 g/mol. The zero-order valence-corrected chi connectivity index (χ0v) is 4.89. The van der Waals surface area contributed by atoms with Gasteiger partial charge in [-0.3, -0.25) is 5.43 Å². The summed E-state index contributed by atoms with van der Waals surface area (Å²) in [5.41, 5.74) is 9.64. The molecule has 6 N–H and O–H groups in total. The van der Waals surface area contributed by atoms with Gasteiger partial charge >= 0.3 is 6.09 Å². The van der Waals surface area contributed by atoms with E-state index in [1.807, 2.05) is 0 Å². The van der Waals surface area contributed by atoms with E-state index in [2.05, 4.69) is 21.6 Å². The van der Waals surface area contributed by atoms with Crippen LogP contribution in [-0.2, 0) is 4.84 Å². The summed E-state index contributed by atoms with van der Waals surface area (Å²) in [6.45, 7) is 0.917. The Morgan fingerprint density at radius 3 is 2.78 bits per heavy atom. The second-order valence-electron chi connectivity index (χ2n) is 1.25. The van der Waals surface area contributed by atoms with Crippen LogP contribution in [0, 0.1) is 0 Å². The normalized spacial score (nSPS) is 8.67. The van der Waals surface area contributed by atoms with Crippen molar-refractivity contribution in [3.63, 3.8) is 0 Å². The van der Waals surface area contributed by atoms with E-state index in [9.17, 15) is 4.79 Å². The highest BCUT2D eigenvalue weighted by atomic mass is 16.7. The SMILES string of the molecule is NCCNNC(=O)ON. The van der Waals surface area contributed by atoms with Crippen LogP contribution in [0.5, 0.6) is 0 Å². The van der Waals surface area contributed by atoms with Crippen molar-refractivity contribution >= 4 is 6.09 Å². The molecular formula is C3H10N4O2. The minimum absolute atomic E-state index is 0.435. The molecule has 0 aromatic heterocycles. The molecule has 0 spiro atoms. The van der Waals surface area contributed by atoms with E-state index in [4.69, 9.17) is 5.73 Å². The maximum Gasteiger partial charge on any atom is 0.440 e. The van der Waals surface area contributed by atoms with Crippen LogP contribution in [0.25, 0.3) is 0 Å². The number of nitrogens with one attached hydrogen (secondary N) is 2. The van der Waals surface area contributed by atoms with Gasteiger partial charge in [0.05, 0.1) is 0 Å². The molecule has 0 fully saturated rings. The Kier molecular flexibility index (Phi) is 4.79. The van der Waals surface area contributed by atoms with Crippen molar-refractivity contribution in [2.75, 3.05) is 13.1 Å². The molecule has 9 heavy (non-hydrogen) atoms. The maximum atomic E-state index is 10.1. The highest BCUT2D eigenvalue weighted by molar-refractivity contribution is 5.65. The molecule has 0 saturated carbocycles. The first kappa shape index (κ1) is 8.15. The summed E-state index contributed by atoms with van der Waals surface area (Å²) in [4.78, 5) is 13.9. The van der Waals surface area contributed by atoms with Gasteiger partial charge in [0.25, 0.3) is 0 Å². The Morgan fingerprint density at radius 1 is 1.67 bits per heavy atom. The number of carbonyl (C=O) groups excluding carboxylic acids is 1. The maximum absolute atomic E-state index is 10.1. The van der Waals surface area contributed by atoms with E-state index in [1.165, 1.54) is 0 Å². The van der Waals surface area contributed by atoms with E-state index < -0.39 is 6.09 Å². The minimum atomic E-state index is -0.733. The molecule has 0 unspecified atom stereocenters. The van der Waals surface area contributed by atoms with Gasteiger partial charge in [-0.15, -0.1) is 0 Å². The lowest BCUT2D eigenvalue weighted by molar-refractivity contribution is 0.143. The summed E-state index contributed by atoms with van der Waals surface area (Å²) in [6, 6.07) is 0. The van der Waals surface area contributed by atoms with E-state index in [0.29, 0.717) is 13.1 Å². The zero-order valence-electron chi connectivity index (χ0n) is 4.89. The van der Waals surface area contributed by atoms with E-state index in [0.717, 1.165) is 0 Å². The molecule has 6 heteroatoms. The summed E-state index contributed by atoms with van der Waals surface area (Å²) >= 11 is 0. The van der Waals surface area contributed by atoms with Crippen LogP contribution >= 0.6 is 0 Å². The first-order valence-electron chi connectivity index (χ1n) is 2.41. The summed E-state index contributed by atoms with van der Waals surface area (Å²) in [5.74, 6) is 4.47. The van der Waals surface area contributed by atoms with Crippen LogP contribution in [0.1, 0.15) is 0 Å². The molecule has 1 amide bonds. The van der Waals surface area contributed by atoms with Crippen LogP contribution in [-0.4, -0.2) is 19.2 Å². The molecule has 0 atom stereocenters. The second-order valence-corrected chi connectivity index (χ2v) is 1.25. The molecule has 0 bridgehead atoms. The van der Waals surface area contributed by atoms with Crippen molar-refractivity contribution < 1.29 is 9.63 Å². The largest absolute Gasteiger partial charge is 0.440 e. The van der Waals surface area contributed by atoms with Gasteiger partial charge in [-0.2, -0.15) is 5.90 Å². The summed E-state index contributed by atoms with van der Waals surface area (Å²) in [5, 5.41) is 0. The molecule has 0 radical (unpaired) electrons. The Balaban J connectivity index is 2.97. The molecule has 0 heterocycles. The Labute approximate surface area is 52.4 Å². The molecule has 0 aromatic carbocycles. The van der Waals surface area contributed by atoms with Crippen molar-refractivity contribution in [1.82, 2.24) is 10.9 Å². The van der Waals surface area contributed by atoms with Gasteiger partial charge in [-0.25, -0.2) is 10.2 Å². The summed E-state index contributed by atoms with van der Waals surface area (Å²) in [7, 11) is 0. The smallest absolute Gasteiger partial charge is 0.356 e. The minimum Gasteiger partial charge on any atom is -0.356 e. The molecule has 54 valence electrons. The average molecular weight is 134 g/mol. The average Bonchev–Trinajstić information content (AvgIpc) is 1.89. The molecule has 0 aliphatic rings. The lowest BCUT2D eigenvalue weighted by Crippen LogP contribution is -2.41. The summed E-state index contributed by atoms with van der Waals surface area (Å²) < 4.78 is 0. The predicted molar refractivity (Wildman–Crippen MR) is 30.9 cm³/mol. The van der Waals surface area contributed by atoms with Gasteiger partial charge in [0.2, 0.25) is 0 Å². The molecule has 0 rings (SSSR count). The van der Waals surface area contributed by atoms with Crippen molar-refractivity contribution in [3.8, 4) is 0 Å². The standard InChI is InChI=1S/C3H10N4O2/c4-1-2-6-7-3(8)9-5/h6H,1-2,4-5H2,(H,7,8). The van der Waals surface area contributed by atoms with Gasteiger partial charge in [-0.1, -0.05) is 0 Å². The summed E-state index contributed by atoms with van der Waals surface area (Å²) in [6.07, 6.45) is -0.733. The highest BCUT2D eigenvalue weighted by Gasteiger charge is 1.93. The third kappa shape index (κ3) is 5.01. The molecule has 0 aromatic rings. The zero-order chi connectivity index (χ0) is 7.11. The number of nitrogens with two attached hydrogens (primary N) is 2. The Hall–Kier alpha value is -0.850. The molecule has 6 nitrogen and oxygen atoms in total. The Morgan fingerprint density at radius 2 is 2.33 bits per heavy atom. The lowest BCUT2D eigenvalue weighted by atomic mass is 10.7. The molecule has 0 aliphatic carbocycles. The third-order valence-electron chi connectivity index (χ3n) is 0.567. The van der Waals surface area contributed by atoms with Gasteiger partial charge in [0.15, 0.2) is 0 Å². The number of hydrazine groups is 1. The number of hydrogen-bond donors (Lipinski definition) is 4. The van der Waals surface area contributed by atoms with Crippen LogP contribution < -0.4 is 22.5 Å². The topological polar surface area (TPSA) is 102 Å². The van der Waals surface area contributed by atoms with Crippen molar-refractivity contribution in [3.05, 3.63) is 0 Å². The van der Waals surface area contributed by atoms with Crippen molar-refractivity contribution in [2.45, 2.75) is 0 Å². The van der Waals surface area contributed by atoms with Gasteiger partial charge in [0.1, 0.15) is 0 Å². The van der Waals surface area contributed by atoms with Crippen LogP contribution in [0.2, 0.25) is 0 Å². The van der Waals surface area contributed by atoms with E-state index in [-0.39, 0.29) is 0 Å².